The minimum atomic E-state index is 0. The van der Waals surface area contributed by atoms with Crippen LogP contribution in [0.2, 0.25) is 0 Å². The first-order valence-electron chi connectivity index (χ1n) is 7.08. The first-order valence-corrected chi connectivity index (χ1v) is 7.90. The van der Waals surface area contributed by atoms with Crippen molar-refractivity contribution in [1.82, 2.24) is 10.3 Å². The number of nitrogens with one attached hydrogen (secondary N) is 2. The van der Waals surface area contributed by atoms with Crippen molar-refractivity contribution in [2.75, 3.05) is 18.4 Å². The van der Waals surface area contributed by atoms with E-state index in [0.29, 0.717) is 17.5 Å². The Hall–Kier alpha value is -1.17. The van der Waals surface area contributed by atoms with Crippen LogP contribution in [0.3, 0.4) is 0 Å². The van der Waals surface area contributed by atoms with E-state index >= 15 is 0 Å². The molecular formula is C15H20ClN3OS. The van der Waals surface area contributed by atoms with E-state index in [9.17, 15) is 4.79 Å². The van der Waals surface area contributed by atoms with Crippen molar-refractivity contribution in [3.05, 3.63) is 23.8 Å². The summed E-state index contributed by atoms with van der Waals surface area (Å²) in [6.07, 6.45) is 2.73. The molecule has 1 unspecified atom stereocenters. The highest BCUT2D eigenvalue weighted by atomic mass is 35.5. The van der Waals surface area contributed by atoms with Crippen LogP contribution in [0.1, 0.15) is 24.8 Å². The summed E-state index contributed by atoms with van der Waals surface area (Å²) in [6.45, 7) is 4.20. The highest BCUT2D eigenvalue weighted by Crippen LogP contribution is 2.27. The van der Waals surface area contributed by atoms with Crippen LogP contribution >= 0.6 is 23.7 Å². The molecule has 21 heavy (non-hydrogen) atoms. The molecule has 1 aromatic heterocycles. The molecule has 1 aromatic carbocycles. The highest BCUT2D eigenvalue weighted by Gasteiger charge is 2.16. The lowest BCUT2D eigenvalue weighted by atomic mass is 10.0. The first-order chi connectivity index (χ1) is 9.70. The number of thiazole rings is 1. The number of anilines is 1. The van der Waals surface area contributed by atoms with Crippen molar-refractivity contribution in [3.63, 3.8) is 0 Å². The lowest BCUT2D eigenvalue weighted by Crippen LogP contribution is -2.14. The van der Waals surface area contributed by atoms with Crippen molar-refractivity contribution >= 4 is 45.0 Å². The molecule has 1 amide bonds. The predicted octanol–water partition coefficient (Wildman–Crippen LogP) is 3.35. The highest BCUT2D eigenvalue weighted by molar-refractivity contribution is 7.22. The number of halogens is 1. The van der Waals surface area contributed by atoms with E-state index in [-0.39, 0.29) is 18.3 Å². The van der Waals surface area contributed by atoms with Gasteiger partial charge in [-0.2, -0.15) is 0 Å². The number of aromatic nitrogens is 1. The molecule has 1 aliphatic rings. The molecule has 1 saturated heterocycles. The van der Waals surface area contributed by atoms with Gasteiger partial charge in [0.15, 0.2) is 5.13 Å². The zero-order chi connectivity index (χ0) is 13.9. The topological polar surface area (TPSA) is 54.0 Å². The maximum atomic E-state index is 11.9. The van der Waals surface area contributed by atoms with Crippen molar-refractivity contribution in [1.29, 1.82) is 0 Å². The normalized spacial score (nSPS) is 17.7. The number of benzene rings is 1. The average molecular weight is 326 g/mol. The van der Waals surface area contributed by atoms with Crippen LogP contribution < -0.4 is 10.6 Å². The zero-order valence-corrected chi connectivity index (χ0v) is 13.6. The molecule has 2 N–H and O–H groups in total. The van der Waals surface area contributed by atoms with E-state index in [1.807, 2.05) is 12.1 Å². The minimum absolute atomic E-state index is 0. The fourth-order valence-electron chi connectivity index (χ4n) is 2.56. The van der Waals surface area contributed by atoms with E-state index in [1.165, 1.54) is 12.0 Å². The molecule has 2 aromatic rings. The van der Waals surface area contributed by atoms with Crippen LogP contribution in [0.5, 0.6) is 0 Å². The van der Waals surface area contributed by atoms with Gasteiger partial charge in [-0.3, -0.25) is 4.79 Å². The van der Waals surface area contributed by atoms with Crippen LogP contribution in [-0.4, -0.2) is 24.0 Å². The third kappa shape index (κ3) is 4.15. The van der Waals surface area contributed by atoms with Crippen molar-refractivity contribution < 1.29 is 4.79 Å². The molecule has 2 heterocycles. The summed E-state index contributed by atoms with van der Waals surface area (Å²) < 4.78 is 1.13. The van der Waals surface area contributed by atoms with Gasteiger partial charge in [-0.1, -0.05) is 17.4 Å². The van der Waals surface area contributed by atoms with Gasteiger partial charge in [0, 0.05) is 6.42 Å². The van der Waals surface area contributed by atoms with Gasteiger partial charge in [0.2, 0.25) is 5.91 Å². The van der Waals surface area contributed by atoms with E-state index in [0.717, 1.165) is 29.7 Å². The molecule has 4 nitrogen and oxygen atoms in total. The molecule has 0 radical (unpaired) electrons. The summed E-state index contributed by atoms with van der Waals surface area (Å²) in [7, 11) is 0. The SMILES string of the molecule is Cc1ccc2nc(NC(=O)CCC3CCNC3)sc2c1.Cl. The summed E-state index contributed by atoms with van der Waals surface area (Å²) in [4.78, 5) is 16.4. The minimum Gasteiger partial charge on any atom is -0.316 e. The fraction of sp³-hybridized carbons (Fsp3) is 0.467. The lowest BCUT2D eigenvalue weighted by Gasteiger charge is -2.06. The number of carbonyl (C=O) groups is 1. The monoisotopic (exact) mass is 325 g/mol. The largest absolute Gasteiger partial charge is 0.316 e. The average Bonchev–Trinajstić information content (AvgIpc) is 3.04. The van der Waals surface area contributed by atoms with Gasteiger partial charge in [-0.25, -0.2) is 4.98 Å². The summed E-state index contributed by atoms with van der Waals surface area (Å²) >= 11 is 1.54. The summed E-state index contributed by atoms with van der Waals surface area (Å²) in [5.41, 5.74) is 2.17. The molecule has 0 bridgehead atoms. The number of fused-ring (bicyclic) bond motifs is 1. The summed E-state index contributed by atoms with van der Waals surface area (Å²) in [5.74, 6) is 0.728. The molecule has 1 aliphatic heterocycles. The Balaban J connectivity index is 0.00000161. The Labute approximate surface area is 134 Å². The van der Waals surface area contributed by atoms with Gasteiger partial charge >= 0.3 is 0 Å². The Morgan fingerprint density at radius 2 is 2.38 bits per heavy atom. The number of amides is 1. The smallest absolute Gasteiger partial charge is 0.226 e. The number of rotatable bonds is 4. The second-order valence-electron chi connectivity index (χ2n) is 5.44. The predicted molar refractivity (Wildman–Crippen MR) is 90.4 cm³/mol. The molecule has 3 rings (SSSR count). The lowest BCUT2D eigenvalue weighted by molar-refractivity contribution is -0.116. The molecule has 0 spiro atoms. The third-order valence-electron chi connectivity index (χ3n) is 3.73. The van der Waals surface area contributed by atoms with Crippen LogP contribution in [0.4, 0.5) is 5.13 Å². The number of carbonyl (C=O) groups excluding carboxylic acids is 1. The summed E-state index contributed by atoms with van der Waals surface area (Å²) in [5, 5.41) is 6.96. The van der Waals surface area contributed by atoms with E-state index in [1.54, 1.807) is 11.3 Å². The van der Waals surface area contributed by atoms with E-state index in [2.05, 4.69) is 28.6 Å². The van der Waals surface area contributed by atoms with Gasteiger partial charge < -0.3 is 10.6 Å². The molecule has 1 atom stereocenters. The van der Waals surface area contributed by atoms with Crippen LogP contribution in [0.15, 0.2) is 18.2 Å². The quantitative estimate of drug-likeness (QED) is 0.906. The number of hydrogen-bond acceptors (Lipinski definition) is 4. The van der Waals surface area contributed by atoms with Crippen molar-refractivity contribution in [3.8, 4) is 0 Å². The molecule has 0 aliphatic carbocycles. The van der Waals surface area contributed by atoms with Gasteiger partial charge in [0.25, 0.3) is 0 Å². The summed E-state index contributed by atoms with van der Waals surface area (Å²) in [6, 6.07) is 6.15. The standard InChI is InChI=1S/C15H19N3OS.ClH/c1-10-2-4-12-13(8-10)20-15(17-12)18-14(19)5-3-11-6-7-16-9-11;/h2,4,8,11,16H,3,5-7,9H2,1H3,(H,17,18,19);1H. The number of hydrogen-bond donors (Lipinski definition) is 2. The molecular weight excluding hydrogens is 306 g/mol. The van der Waals surface area contributed by atoms with Crippen LogP contribution in [0.25, 0.3) is 10.2 Å². The second-order valence-corrected chi connectivity index (χ2v) is 6.47. The van der Waals surface area contributed by atoms with Gasteiger partial charge in [-0.15, -0.1) is 12.4 Å². The molecule has 1 fully saturated rings. The van der Waals surface area contributed by atoms with E-state index in [4.69, 9.17) is 0 Å². The Morgan fingerprint density at radius 3 is 3.14 bits per heavy atom. The number of aryl methyl sites for hydroxylation is 1. The molecule has 0 saturated carbocycles. The maximum Gasteiger partial charge on any atom is 0.226 e. The molecule has 6 heteroatoms. The van der Waals surface area contributed by atoms with Gasteiger partial charge in [0.1, 0.15) is 0 Å². The Bertz CT molecular complexity index is 622. The third-order valence-corrected chi connectivity index (χ3v) is 4.67. The Kier molecular flexibility index (Phi) is 5.56. The van der Waals surface area contributed by atoms with Crippen LogP contribution in [-0.2, 0) is 4.79 Å². The van der Waals surface area contributed by atoms with Crippen molar-refractivity contribution in [2.24, 2.45) is 5.92 Å². The van der Waals surface area contributed by atoms with Crippen molar-refractivity contribution in [2.45, 2.75) is 26.2 Å². The zero-order valence-electron chi connectivity index (χ0n) is 12.0. The molecule has 114 valence electrons. The first kappa shape index (κ1) is 16.2. The fourth-order valence-corrected chi connectivity index (χ4v) is 3.54. The van der Waals surface area contributed by atoms with Crippen LogP contribution in [0, 0.1) is 12.8 Å². The second kappa shape index (κ2) is 7.20. The Morgan fingerprint density at radius 1 is 1.52 bits per heavy atom. The van der Waals surface area contributed by atoms with Gasteiger partial charge in [0.05, 0.1) is 10.2 Å². The van der Waals surface area contributed by atoms with E-state index < -0.39 is 0 Å². The number of nitrogens with zero attached hydrogens (tertiary/aromatic N) is 1. The maximum absolute atomic E-state index is 11.9. The van der Waals surface area contributed by atoms with Gasteiger partial charge in [-0.05, 0) is 56.5 Å².